The molecule has 26 heavy (non-hydrogen) atoms. The van der Waals surface area contributed by atoms with Gasteiger partial charge in [0.25, 0.3) is 0 Å². The van der Waals surface area contributed by atoms with Gasteiger partial charge in [-0.3, -0.25) is 4.90 Å². The second-order valence-electron chi connectivity index (χ2n) is 6.33. The molecule has 1 aromatic rings. The lowest BCUT2D eigenvalue weighted by molar-refractivity contribution is -0.0207. The number of hydrogen-bond donors (Lipinski definition) is 3. The Labute approximate surface area is 157 Å². The van der Waals surface area contributed by atoms with Crippen molar-refractivity contribution in [3.8, 4) is 0 Å². The average Bonchev–Trinajstić information content (AvgIpc) is 2.97. The topological polar surface area (TPSA) is 108 Å². The van der Waals surface area contributed by atoms with E-state index >= 15 is 0 Å². The summed E-state index contributed by atoms with van der Waals surface area (Å²) < 4.78 is 38.5. The van der Waals surface area contributed by atoms with Gasteiger partial charge in [0.15, 0.2) is 0 Å². The summed E-state index contributed by atoms with van der Waals surface area (Å²) in [7, 11) is -3.74. The minimum atomic E-state index is -3.74. The van der Waals surface area contributed by atoms with Crippen LogP contribution in [0.25, 0.3) is 0 Å². The van der Waals surface area contributed by atoms with E-state index in [2.05, 4.69) is 4.72 Å². The highest BCUT2D eigenvalue weighted by Gasteiger charge is 2.46. The molecule has 1 aromatic carbocycles. The van der Waals surface area contributed by atoms with E-state index in [4.69, 9.17) is 21.1 Å². The number of nitrogens with one attached hydrogen (secondary N) is 1. The van der Waals surface area contributed by atoms with Crippen molar-refractivity contribution in [2.45, 2.75) is 29.2 Å². The summed E-state index contributed by atoms with van der Waals surface area (Å²) in [5, 5.41) is 20.4. The molecule has 2 aliphatic rings. The summed E-state index contributed by atoms with van der Waals surface area (Å²) in [4.78, 5) is 2.12. The summed E-state index contributed by atoms with van der Waals surface area (Å²) in [5.41, 5.74) is 0. The van der Waals surface area contributed by atoms with Gasteiger partial charge in [-0.1, -0.05) is 11.6 Å². The van der Waals surface area contributed by atoms with Crippen molar-refractivity contribution in [1.82, 2.24) is 9.62 Å². The maximum atomic E-state index is 12.5. The third-order valence-corrected chi connectivity index (χ3v) is 6.40. The quantitative estimate of drug-likeness (QED) is 0.581. The Morgan fingerprint density at radius 2 is 1.85 bits per heavy atom. The van der Waals surface area contributed by atoms with Gasteiger partial charge in [0.05, 0.1) is 36.9 Å². The van der Waals surface area contributed by atoms with Crippen LogP contribution in [0, 0.1) is 0 Å². The molecule has 146 valence electrons. The van der Waals surface area contributed by atoms with Gasteiger partial charge in [-0.25, -0.2) is 13.1 Å². The Kier molecular flexibility index (Phi) is 6.52. The summed E-state index contributed by atoms with van der Waals surface area (Å²) in [6, 6.07) is 5.44. The van der Waals surface area contributed by atoms with Gasteiger partial charge in [0, 0.05) is 24.7 Å². The number of morpholine rings is 1. The van der Waals surface area contributed by atoms with Crippen LogP contribution in [0.3, 0.4) is 0 Å². The van der Waals surface area contributed by atoms with Crippen molar-refractivity contribution in [2.75, 3.05) is 39.5 Å². The molecule has 0 radical (unpaired) electrons. The van der Waals surface area contributed by atoms with E-state index < -0.39 is 34.4 Å². The molecule has 2 saturated heterocycles. The van der Waals surface area contributed by atoms with Gasteiger partial charge < -0.3 is 19.7 Å². The van der Waals surface area contributed by atoms with Crippen molar-refractivity contribution >= 4 is 21.6 Å². The number of nitrogens with zero attached hydrogens (tertiary/aromatic N) is 1. The summed E-state index contributed by atoms with van der Waals surface area (Å²) >= 11 is 5.79. The van der Waals surface area contributed by atoms with E-state index in [0.717, 1.165) is 0 Å². The van der Waals surface area contributed by atoms with Crippen LogP contribution in [0.1, 0.15) is 0 Å². The number of aliphatic hydroxyl groups is 2. The predicted molar refractivity (Wildman–Crippen MR) is 94.6 cm³/mol. The van der Waals surface area contributed by atoms with Crippen LogP contribution in [0.15, 0.2) is 29.2 Å². The number of aliphatic hydroxyl groups excluding tert-OH is 2. The van der Waals surface area contributed by atoms with Gasteiger partial charge in [0.2, 0.25) is 10.0 Å². The SMILES string of the molecule is O=S(=O)(NC[C@H]1O[C@@H](CO)[C@@H](O)[C@H]1N1CCOCC1)c1ccc(Cl)cc1. The molecule has 0 bridgehead atoms. The van der Waals surface area contributed by atoms with Crippen molar-refractivity contribution in [1.29, 1.82) is 0 Å². The van der Waals surface area contributed by atoms with E-state index in [1.165, 1.54) is 24.3 Å². The number of rotatable bonds is 6. The molecule has 10 heteroatoms. The molecular formula is C16H23ClN2O6S. The maximum Gasteiger partial charge on any atom is 0.240 e. The maximum absolute atomic E-state index is 12.5. The zero-order valence-corrected chi connectivity index (χ0v) is 15.7. The number of hydrogen-bond acceptors (Lipinski definition) is 7. The third kappa shape index (κ3) is 4.37. The highest BCUT2D eigenvalue weighted by Crippen LogP contribution is 2.26. The average molecular weight is 407 g/mol. The summed E-state index contributed by atoms with van der Waals surface area (Å²) in [6.07, 6.45) is -2.22. The predicted octanol–water partition coefficient (Wildman–Crippen LogP) is -0.560. The Morgan fingerprint density at radius 1 is 1.19 bits per heavy atom. The Bertz CT molecular complexity index is 695. The fourth-order valence-corrected chi connectivity index (χ4v) is 4.53. The first kappa shape index (κ1) is 20.0. The largest absolute Gasteiger partial charge is 0.394 e. The molecule has 0 spiro atoms. The van der Waals surface area contributed by atoms with E-state index in [0.29, 0.717) is 31.3 Å². The normalized spacial score (nSPS) is 30.6. The lowest BCUT2D eigenvalue weighted by atomic mass is 10.0. The smallest absolute Gasteiger partial charge is 0.240 e. The first-order chi connectivity index (χ1) is 12.4. The van der Waals surface area contributed by atoms with Crippen LogP contribution in [0.5, 0.6) is 0 Å². The van der Waals surface area contributed by atoms with Crippen LogP contribution >= 0.6 is 11.6 Å². The number of sulfonamides is 1. The van der Waals surface area contributed by atoms with Crippen molar-refractivity contribution in [3.05, 3.63) is 29.3 Å². The van der Waals surface area contributed by atoms with E-state index in [1.54, 1.807) is 0 Å². The molecule has 3 rings (SSSR count). The van der Waals surface area contributed by atoms with Crippen LogP contribution < -0.4 is 4.72 Å². The van der Waals surface area contributed by atoms with E-state index in [-0.39, 0.29) is 18.0 Å². The Balaban J connectivity index is 1.70. The van der Waals surface area contributed by atoms with Crippen LogP contribution in [0.2, 0.25) is 5.02 Å². The number of ether oxygens (including phenoxy) is 2. The fourth-order valence-electron chi connectivity index (χ4n) is 3.36. The second-order valence-corrected chi connectivity index (χ2v) is 8.53. The highest BCUT2D eigenvalue weighted by molar-refractivity contribution is 7.89. The summed E-state index contributed by atoms with van der Waals surface area (Å²) in [6.45, 7) is 1.96. The first-order valence-electron chi connectivity index (χ1n) is 8.44. The molecule has 0 aromatic heterocycles. The molecule has 0 saturated carbocycles. The molecule has 2 fully saturated rings. The van der Waals surface area contributed by atoms with Gasteiger partial charge in [-0.05, 0) is 24.3 Å². The van der Waals surface area contributed by atoms with Crippen LogP contribution in [-0.4, -0.2) is 87.3 Å². The van der Waals surface area contributed by atoms with Gasteiger partial charge in [-0.2, -0.15) is 0 Å². The van der Waals surface area contributed by atoms with Crippen LogP contribution in [0.4, 0.5) is 0 Å². The van der Waals surface area contributed by atoms with Crippen LogP contribution in [-0.2, 0) is 19.5 Å². The zero-order chi connectivity index (χ0) is 18.7. The molecule has 4 atom stereocenters. The number of benzene rings is 1. The standard InChI is InChI=1S/C16H23ClN2O6S/c17-11-1-3-12(4-2-11)26(22,23)18-9-13-15(16(21)14(10-20)25-13)19-5-7-24-8-6-19/h1-4,13-16,18,20-21H,5-10H2/t13-,14+,15+,16-/m1/s1. The highest BCUT2D eigenvalue weighted by atomic mass is 35.5. The minimum Gasteiger partial charge on any atom is -0.394 e. The fraction of sp³-hybridized carbons (Fsp3) is 0.625. The number of halogens is 1. The van der Waals surface area contributed by atoms with Crippen molar-refractivity contribution in [2.24, 2.45) is 0 Å². The molecule has 2 aliphatic heterocycles. The second kappa shape index (κ2) is 8.49. The van der Waals surface area contributed by atoms with Crippen molar-refractivity contribution < 1.29 is 28.1 Å². The van der Waals surface area contributed by atoms with Gasteiger partial charge >= 0.3 is 0 Å². The van der Waals surface area contributed by atoms with Crippen molar-refractivity contribution in [3.63, 3.8) is 0 Å². The zero-order valence-electron chi connectivity index (χ0n) is 14.1. The van der Waals surface area contributed by atoms with E-state index in [1.807, 2.05) is 4.90 Å². The van der Waals surface area contributed by atoms with Gasteiger partial charge in [0.1, 0.15) is 12.2 Å². The molecule has 0 unspecified atom stereocenters. The monoisotopic (exact) mass is 406 g/mol. The molecular weight excluding hydrogens is 384 g/mol. The summed E-state index contributed by atoms with van der Waals surface area (Å²) in [5.74, 6) is 0. The third-order valence-electron chi connectivity index (χ3n) is 4.71. The molecule has 2 heterocycles. The molecule has 0 amide bonds. The Morgan fingerprint density at radius 3 is 2.46 bits per heavy atom. The molecule has 8 nitrogen and oxygen atoms in total. The lowest BCUT2D eigenvalue weighted by Crippen LogP contribution is -2.54. The van der Waals surface area contributed by atoms with E-state index in [9.17, 15) is 18.6 Å². The minimum absolute atomic E-state index is 0.0133. The van der Waals surface area contributed by atoms with Gasteiger partial charge in [-0.15, -0.1) is 0 Å². The lowest BCUT2D eigenvalue weighted by Gasteiger charge is -2.36. The molecule has 0 aliphatic carbocycles. The first-order valence-corrected chi connectivity index (χ1v) is 10.3. The molecule has 3 N–H and O–H groups in total. The Hall–Kier alpha value is -0.780.